The van der Waals surface area contributed by atoms with Crippen LogP contribution in [0.3, 0.4) is 0 Å². The van der Waals surface area contributed by atoms with E-state index in [0.717, 1.165) is 11.8 Å². The van der Waals surface area contributed by atoms with Gasteiger partial charge in [-0.1, -0.05) is 0 Å². The summed E-state index contributed by atoms with van der Waals surface area (Å²) in [5.41, 5.74) is 0.587. The number of nitro groups is 1. The van der Waals surface area contributed by atoms with Crippen LogP contribution in [0.25, 0.3) is 0 Å². The van der Waals surface area contributed by atoms with Crippen molar-refractivity contribution in [2.45, 2.75) is 19.5 Å². The number of hydrogen-bond acceptors (Lipinski definition) is 7. The lowest BCUT2D eigenvalue weighted by atomic mass is 10.1. The average molecular weight is 373 g/mol. The van der Waals surface area contributed by atoms with Crippen molar-refractivity contribution in [3.05, 3.63) is 51.7 Å². The highest BCUT2D eigenvalue weighted by molar-refractivity contribution is 5.97. The number of rotatable bonds is 5. The van der Waals surface area contributed by atoms with Crippen LogP contribution in [0.1, 0.15) is 22.8 Å². The fourth-order valence-corrected chi connectivity index (χ4v) is 2.85. The fourth-order valence-electron chi connectivity index (χ4n) is 2.85. The van der Waals surface area contributed by atoms with Crippen LogP contribution in [0.5, 0.6) is 17.4 Å². The molecule has 2 heterocycles. The molecular weight excluding hydrogens is 354 g/mol. The van der Waals surface area contributed by atoms with Crippen LogP contribution in [0.15, 0.2) is 30.5 Å². The Morgan fingerprint density at radius 3 is 2.78 bits per heavy atom. The van der Waals surface area contributed by atoms with Gasteiger partial charge in [0.15, 0.2) is 0 Å². The maximum absolute atomic E-state index is 13.1. The van der Waals surface area contributed by atoms with Gasteiger partial charge in [0.1, 0.15) is 29.9 Å². The van der Waals surface area contributed by atoms with Gasteiger partial charge < -0.3 is 19.1 Å². The Labute approximate surface area is 155 Å². The van der Waals surface area contributed by atoms with E-state index in [9.17, 15) is 14.9 Å². The second-order valence-electron chi connectivity index (χ2n) is 6.07. The first-order valence-corrected chi connectivity index (χ1v) is 8.23. The summed E-state index contributed by atoms with van der Waals surface area (Å²) < 4.78 is 16.2. The van der Waals surface area contributed by atoms with Gasteiger partial charge >= 0.3 is 0 Å². The number of ether oxygens (including phenoxy) is 3. The molecule has 1 aromatic heterocycles. The highest BCUT2D eigenvalue weighted by Crippen LogP contribution is 2.30. The smallest absolute Gasteiger partial charge is 0.288 e. The molecule has 1 atom stereocenters. The number of carbonyl (C=O) groups is 1. The molecule has 2 aromatic rings. The number of amides is 1. The summed E-state index contributed by atoms with van der Waals surface area (Å²) >= 11 is 0. The van der Waals surface area contributed by atoms with Gasteiger partial charge in [-0.2, -0.15) is 0 Å². The molecule has 1 aliphatic heterocycles. The van der Waals surface area contributed by atoms with E-state index in [1.807, 2.05) is 13.0 Å². The maximum atomic E-state index is 13.1. The van der Waals surface area contributed by atoms with E-state index in [0.29, 0.717) is 11.5 Å². The second-order valence-corrected chi connectivity index (χ2v) is 6.07. The van der Waals surface area contributed by atoms with E-state index in [4.69, 9.17) is 14.2 Å². The molecule has 27 heavy (non-hydrogen) atoms. The molecule has 0 unspecified atom stereocenters. The number of nitrogens with zero attached hydrogens (tertiary/aromatic N) is 3. The van der Waals surface area contributed by atoms with E-state index < -0.39 is 4.92 Å². The minimum atomic E-state index is -0.592. The molecule has 1 aromatic carbocycles. The van der Waals surface area contributed by atoms with E-state index in [1.165, 1.54) is 13.2 Å². The first-order chi connectivity index (χ1) is 12.9. The summed E-state index contributed by atoms with van der Waals surface area (Å²) in [6, 6.07) is 6.26. The van der Waals surface area contributed by atoms with Gasteiger partial charge in [-0.25, -0.2) is 4.98 Å². The minimum absolute atomic E-state index is 0.0704. The number of methoxy groups -OCH3 is 2. The van der Waals surface area contributed by atoms with Gasteiger partial charge in [-0.15, -0.1) is 0 Å². The zero-order chi connectivity index (χ0) is 19.6. The molecule has 0 spiro atoms. The number of pyridine rings is 1. The van der Waals surface area contributed by atoms with Gasteiger partial charge in [0.05, 0.1) is 31.7 Å². The highest BCUT2D eigenvalue weighted by Gasteiger charge is 2.31. The van der Waals surface area contributed by atoms with Gasteiger partial charge in [0, 0.05) is 17.7 Å². The van der Waals surface area contributed by atoms with Crippen LogP contribution in [-0.2, 0) is 6.54 Å². The molecule has 0 aliphatic carbocycles. The first kappa shape index (κ1) is 18.4. The van der Waals surface area contributed by atoms with Crippen LogP contribution in [0.4, 0.5) is 5.69 Å². The monoisotopic (exact) mass is 373 g/mol. The highest BCUT2D eigenvalue weighted by atomic mass is 16.6. The number of benzene rings is 1. The lowest BCUT2D eigenvalue weighted by Crippen LogP contribution is -2.39. The molecule has 0 radical (unpaired) electrons. The normalized spacial score (nSPS) is 16.2. The maximum Gasteiger partial charge on any atom is 0.288 e. The van der Waals surface area contributed by atoms with Crippen LogP contribution in [0.2, 0.25) is 0 Å². The van der Waals surface area contributed by atoms with Gasteiger partial charge in [-0.05, 0) is 19.1 Å². The Bertz CT molecular complexity index is 885. The number of carbonyl (C=O) groups excluding carboxylic acids is 1. The van der Waals surface area contributed by atoms with Crippen LogP contribution >= 0.6 is 0 Å². The Hall–Kier alpha value is -3.36. The fraction of sp³-hybridized carbons (Fsp3) is 0.333. The van der Waals surface area contributed by atoms with Gasteiger partial charge in [0.2, 0.25) is 5.88 Å². The molecular formula is C18H19N3O6. The Morgan fingerprint density at radius 2 is 2.11 bits per heavy atom. The average Bonchev–Trinajstić information content (AvgIpc) is 2.79. The second kappa shape index (κ2) is 7.48. The van der Waals surface area contributed by atoms with E-state index in [-0.39, 0.29) is 42.2 Å². The van der Waals surface area contributed by atoms with E-state index >= 15 is 0 Å². The van der Waals surface area contributed by atoms with Crippen molar-refractivity contribution in [3.8, 4) is 17.4 Å². The summed E-state index contributed by atoms with van der Waals surface area (Å²) in [6.07, 6.45) is 1.08. The third-order valence-electron chi connectivity index (χ3n) is 4.37. The molecule has 3 rings (SSSR count). The number of hydrogen-bond donors (Lipinski definition) is 0. The minimum Gasteiger partial charge on any atom is -0.497 e. The lowest BCUT2D eigenvalue weighted by Gasteiger charge is -2.27. The van der Waals surface area contributed by atoms with E-state index in [1.54, 1.807) is 24.1 Å². The van der Waals surface area contributed by atoms with Crippen molar-refractivity contribution >= 4 is 11.6 Å². The van der Waals surface area contributed by atoms with Crippen molar-refractivity contribution < 1.29 is 23.9 Å². The third kappa shape index (κ3) is 3.62. The third-order valence-corrected chi connectivity index (χ3v) is 4.37. The molecule has 0 fully saturated rings. The molecule has 0 bridgehead atoms. The SMILES string of the molecule is COc1ccc(CN2C(=O)c3cc([N+](=O)[O-])cnc3OC[C@@H]2C)c(OC)c1. The quantitative estimate of drug-likeness (QED) is 0.585. The number of aromatic nitrogens is 1. The predicted octanol–water partition coefficient (Wildman–Crippen LogP) is 2.43. The van der Waals surface area contributed by atoms with Crippen molar-refractivity contribution in [3.63, 3.8) is 0 Å². The van der Waals surface area contributed by atoms with Crippen LogP contribution in [0, 0.1) is 10.1 Å². The summed E-state index contributed by atoms with van der Waals surface area (Å²) in [6.45, 7) is 2.31. The van der Waals surface area contributed by atoms with Crippen molar-refractivity contribution in [2.75, 3.05) is 20.8 Å². The van der Waals surface area contributed by atoms with Gasteiger partial charge in [0.25, 0.3) is 11.6 Å². The summed E-state index contributed by atoms with van der Waals surface area (Å²) in [5, 5.41) is 11.0. The van der Waals surface area contributed by atoms with Crippen LogP contribution in [-0.4, -0.2) is 47.6 Å². The number of fused-ring (bicyclic) bond motifs is 1. The Balaban J connectivity index is 1.96. The molecule has 9 heteroatoms. The molecule has 142 valence electrons. The summed E-state index contributed by atoms with van der Waals surface area (Å²) in [7, 11) is 3.10. The topological polar surface area (TPSA) is 104 Å². The molecule has 0 saturated carbocycles. The standard InChI is InChI=1S/C18H19N3O6/c1-11-10-27-17-15(6-13(8-19-17)21(23)24)18(22)20(11)9-12-4-5-14(25-2)7-16(12)26-3/h4-8,11H,9-10H2,1-3H3/t11-/m0/s1. The summed E-state index contributed by atoms with van der Waals surface area (Å²) in [5.74, 6) is 0.932. The first-order valence-electron chi connectivity index (χ1n) is 8.23. The zero-order valence-corrected chi connectivity index (χ0v) is 15.2. The molecule has 1 amide bonds. The van der Waals surface area contributed by atoms with Crippen LogP contribution < -0.4 is 14.2 Å². The van der Waals surface area contributed by atoms with Crippen molar-refractivity contribution in [1.82, 2.24) is 9.88 Å². The molecule has 1 aliphatic rings. The summed E-state index contributed by atoms with van der Waals surface area (Å²) in [4.78, 5) is 29.0. The van der Waals surface area contributed by atoms with Crippen molar-refractivity contribution in [2.24, 2.45) is 0 Å². The Kier molecular flexibility index (Phi) is 5.11. The lowest BCUT2D eigenvalue weighted by molar-refractivity contribution is -0.385. The van der Waals surface area contributed by atoms with Gasteiger partial charge in [-0.3, -0.25) is 14.9 Å². The zero-order valence-electron chi connectivity index (χ0n) is 15.2. The van der Waals surface area contributed by atoms with Crippen molar-refractivity contribution in [1.29, 1.82) is 0 Å². The van der Waals surface area contributed by atoms with E-state index in [2.05, 4.69) is 4.98 Å². The molecule has 0 N–H and O–H groups in total. The predicted molar refractivity (Wildman–Crippen MR) is 95.3 cm³/mol. The molecule has 9 nitrogen and oxygen atoms in total. The molecule has 0 saturated heterocycles. The Morgan fingerprint density at radius 1 is 1.33 bits per heavy atom. The largest absolute Gasteiger partial charge is 0.497 e.